The molecule has 0 bridgehead atoms. The first-order valence-electron chi connectivity index (χ1n) is 8.38. The van der Waals surface area contributed by atoms with Crippen LogP contribution in [0.3, 0.4) is 0 Å². The third-order valence-electron chi connectivity index (χ3n) is 3.89. The molecule has 0 radical (unpaired) electrons. The molecule has 3 heterocycles. The molecule has 9 nitrogen and oxygen atoms in total. The minimum atomic E-state index is -0.287. The van der Waals surface area contributed by atoms with Crippen molar-refractivity contribution in [3.05, 3.63) is 76.5 Å². The van der Waals surface area contributed by atoms with Crippen LogP contribution in [0.4, 0.5) is 11.4 Å². The Morgan fingerprint density at radius 1 is 0.931 bits per heavy atom. The van der Waals surface area contributed by atoms with Crippen LogP contribution in [-0.2, 0) is 6.54 Å². The normalized spacial score (nSPS) is 10.5. The monoisotopic (exact) mass is 423 g/mol. The number of hydrogen-bond donors (Lipinski definition) is 1. The second-order valence-corrected chi connectivity index (χ2v) is 7.35. The molecular weight excluding hydrogens is 410 g/mol. The van der Waals surface area contributed by atoms with E-state index in [-0.39, 0.29) is 18.4 Å². The maximum Gasteiger partial charge on any atom is 0.272 e. The number of nitrogens with one attached hydrogen (secondary N) is 1. The molecule has 4 rings (SSSR count). The highest BCUT2D eigenvalue weighted by Gasteiger charge is 2.21. The third kappa shape index (κ3) is 4.47. The van der Waals surface area contributed by atoms with Crippen molar-refractivity contribution in [2.75, 3.05) is 10.2 Å². The molecule has 0 spiro atoms. The van der Waals surface area contributed by atoms with Crippen molar-refractivity contribution in [1.82, 2.24) is 24.2 Å². The molecule has 29 heavy (non-hydrogen) atoms. The highest BCUT2D eigenvalue weighted by atomic mass is 32.1. The summed E-state index contributed by atoms with van der Waals surface area (Å²) in [7, 11) is 0. The maximum atomic E-state index is 13.0. The Labute approximate surface area is 173 Å². The average Bonchev–Trinajstić information content (AvgIpc) is 3.47. The first-order valence-corrected chi connectivity index (χ1v) is 9.93. The van der Waals surface area contributed by atoms with Gasteiger partial charge in [0.25, 0.3) is 11.8 Å². The zero-order chi connectivity index (χ0) is 20.1. The van der Waals surface area contributed by atoms with E-state index < -0.39 is 0 Å². The van der Waals surface area contributed by atoms with E-state index in [1.165, 1.54) is 12.4 Å². The Hall–Kier alpha value is -3.57. The van der Waals surface area contributed by atoms with Crippen LogP contribution in [-0.4, -0.2) is 36.0 Å². The lowest BCUT2D eigenvalue weighted by Gasteiger charge is -2.22. The topological polar surface area (TPSA) is 114 Å². The summed E-state index contributed by atoms with van der Waals surface area (Å²) in [5.74, 6) is -0.511. The van der Waals surface area contributed by atoms with Gasteiger partial charge in [-0.2, -0.15) is 0 Å². The van der Waals surface area contributed by atoms with Gasteiger partial charge >= 0.3 is 0 Å². The van der Waals surface area contributed by atoms with Gasteiger partial charge in [-0.3, -0.25) is 14.6 Å². The number of aromatic nitrogens is 5. The Morgan fingerprint density at radius 3 is 2.28 bits per heavy atom. The second kappa shape index (κ2) is 8.63. The molecule has 0 atom stereocenters. The van der Waals surface area contributed by atoms with Crippen LogP contribution in [0.2, 0.25) is 0 Å². The van der Waals surface area contributed by atoms with Crippen molar-refractivity contribution in [1.29, 1.82) is 0 Å². The molecule has 11 heteroatoms. The van der Waals surface area contributed by atoms with Crippen LogP contribution in [0.25, 0.3) is 0 Å². The van der Waals surface area contributed by atoms with Gasteiger partial charge in [0.1, 0.15) is 9.75 Å². The smallest absolute Gasteiger partial charge is 0.272 e. The summed E-state index contributed by atoms with van der Waals surface area (Å²) in [6, 6.07) is 12.5. The van der Waals surface area contributed by atoms with E-state index in [0.29, 0.717) is 21.1 Å². The van der Waals surface area contributed by atoms with Gasteiger partial charge in [0.15, 0.2) is 0 Å². The quantitative estimate of drug-likeness (QED) is 0.507. The molecule has 0 aliphatic carbocycles. The largest absolute Gasteiger partial charge is 0.321 e. The van der Waals surface area contributed by atoms with Crippen LogP contribution < -0.4 is 10.2 Å². The molecule has 0 saturated carbocycles. The van der Waals surface area contributed by atoms with Gasteiger partial charge in [-0.05, 0) is 59.5 Å². The van der Waals surface area contributed by atoms with E-state index in [1.807, 2.05) is 18.2 Å². The minimum absolute atomic E-state index is 0.224. The SMILES string of the molecule is O=C(Nc1ccc(N(Cc2ccccn2)C(=O)c2cnns2)cc1)c1cnns1. The van der Waals surface area contributed by atoms with Crippen molar-refractivity contribution in [2.45, 2.75) is 6.54 Å². The molecule has 0 unspecified atom stereocenters. The van der Waals surface area contributed by atoms with Gasteiger partial charge in [-0.1, -0.05) is 15.0 Å². The van der Waals surface area contributed by atoms with Crippen molar-refractivity contribution < 1.29 is 9.59 Å². The van der Waals surface area contributed by atoms with E-state index in [2.05, 4.69) is 29.5 Å². The van der Waals surface area contributed by atoms with E-state index in [0.717, 1.165) is 28.8 Å². The summed E-state index contributed by atoms with van der Waals surface area (Å²) in [5.41, 5.74) is 2.00. The number of amides is 2. The molecule has 3 aromatic heterocycles. The van der Waals surface area contributed by atoms with E-state index in [9.17, 15) is 9.59 Å². The second-order valence-electron chi connectivity index (χ2n) is 5.78. The number of anilines is 2. The fraction of sp³-hybridized carbons (Fsp3) is 0.0556. The fourth-order valence-corrected chi connectivity index (χ4v) is 3.39. The van der Waals surface area contributed by atoms with Crippen LogP contribution >= 0.6 is 23.1 Å². The lowest BCUT2D eigenvalue weighted by molar-refractivity contribution is 0.0986. The Balaban J connectivity index is 1.57. The fourth-order valence-electron chi connectivity index (χ4n) is 2.51. The molecule has 0 aliphatic rings. The molecule has 1 N–H and O–H groups in total. The number of carbonyl (C=O) groups is 2. The van der Waals surface area contributed by atoms with Gasteiger partial charge in [0, 0.05) is 17.6 Å². The van der Waals surface area contributed by atoms with E-state index >= 15 is 0 Å². The Kier molecular flexibility index (Phi) is 5.59. The molecule has 2 amide bonds. The molecule has 4 aromatic rings. The third-order valence-corrected chi connectivity index (χ3v) is 5.20. The molecule has 1 aromatic carbocycles. The minimum Gasteiger partial charge on any atom is -0.321 e. The van der Waals surface area contributed by atoms with Gasteiger partial charge in [-0.15, -0.1) is 10.2 Å². The summed E-state index contributed by atoms with van der Waals surface area (Å²) in [6.45, 7) is 0.288. The summed E-state index contributed by atoms with van der Waals surface area (Å²) < 4.78 is 7.45. The lowest BCUT2D eigenvalue weighted by Crippen LogP contribution is -2.30. The predicted molar refractivity (Wildman–Crippen MR) is 109 cm³/mol. The van der Waals surface area contributed by atoms with Crippen LogP contribution in [0, 0.1) is 0 Å². The van der Waals surface area contributed by atoms with Crippen LogP contribution in [0.15, 0.2) is 61.1 Å². The van der Waals surface area contributed by atoms with Crippen LogP contribution in [0.5, 0.6) is 0 Å². The van der Waals surface area contributed by atoms with Crippen LogP contribution in [0.1, 0.15) is 25.0 Å². The van der Waals surface area contributed by atoms with Crippen molar-refractivity contribution in [3.63, 3.8) is 0 Å². The summed E-state index contributed by atoms with van der Waals surface area (Å²) >= 11 is 2.05. The predicted octanol–water partition coefficient (Wildman–Crippen LogP) is 2.88. The summed E-state index contributed by atoms with van der Waals surface area (Å²) in [4.78, 5) is 31.8. The standard InChI is InChI=1S/C18H13N7O2S2/c26-17(15-9-20-23-28-15)22-12-4-6-14(7-5-12)25(11-13-3-1-2-8-19-13)18(27)16-10-21-24-29-16/h1-10H,11H2,(H,22,26). The maximum absolute atomic E-state index is 13.0. The van der Waals surface area contributed by atoms with Crippen molar-refractivity contribution in [3.8, 4) is 0 Å². The first kappa shape index (κ1) is 18.8. The Morgan fingerprint density at radius 2 is 1.66 bits per heavy atom. The van der Waals surface area contributed by atoms with Crippen molar-refractivity contribution >= 4 is 46.3 Å². The molecule has 0 fully saturated rings. The highest BCUT2D eigenvalue weighted by Crippen LogP contribution is 2.23. The zero-order valence-corrected chi connectivity index (χ0v) is 16.4. The molecule has 0 aliphatic heterocycles. The lowest BCUT2D eigenvalue weighted by atomic mass is 10.2. The first-order chi connectivity index (χ1) is 14.2. The number of benzene rings is 1. The van der Waals surface area contributed by atoms with Gasteiger partial charge in [-0.25, -0.2) is 0 Å². The van der Waals surface area contributed by atoms with E-state index in [4.69, 9.17) is 0 Å². The molecule has 0 saturated heterocycles. The number of hydrogen-bond acceptors (Lipinski definition) is 9. The number of carbonyl (C=O) groups excluding carboxylic acids is 2. The Bertz CT molecular complexity index is 1090. The number of nitrogens with zero attached hydrogens (tertiary/aromatic N) is 6. The van der Waals surface area contributed by atoms with Crippen molar-refractivity contribution in [2.24, 2.45) is 0 Å². The van der Waals surface area contributed by atoms with Gasteiger partial charge in [0.05, 0.1) is 24.6 Å². The highest BCUT2D eigenvalue weighted by molar-refractivity contribution is 7.08. The van der Waals surface area contributed by atoms with Gasteiger partial charge < -0.3 is 10.2 Å². The number of pyridine rings is 1. The average molecular weight is 423 g/mol. The number of rotatable bonds is 6. The zero-order valence-electron chi connectivity index (χ0n) is 14.8. The molecular formula is C18H13N7O2S2. The van der Waals surface area contributed by atoms with E-state index in [1.54, 1.807) is 35.4 Å². The van der Waals surface area contributed by atoms with Gasteiger partial charge in [0.2, 0.25) is 0 Å². The summed E-state index contributed by atoms with van der Waals surface area (Å²) in [5, 5.41) is 10.2. The summed E-state index contributed by atoms with van der Waals surface area (Å²) in [6.07, 6.45) is 4.53. The molecule has 144 valence electrons.